The van der Waals surface area contributed by atoms with Crippen LogP contribution < -0.4 is 14.4 Å². The second-order valence-corrected chi connectivity index (χ2v) is 6.97. The zero-order valence-corrected chi connectivity index (χ0v) is 13.6. The van der Waals surface area contributed by atoms with Crippen molar-refractivity contribution in [2.24, 2.45) is 0 Å². The van der Waals surface area contributed by atoms with Gasteiger partial charge in [-0.2, -0.15) is 0 Å². The predicted octanol–water partition coefficient (Wildman–Crippen LogP) is 4.97. The van der Waals surface area contributed by atoms with Gasteiger partial charge in [0.15, 0.2) is 0 Å². The average Bonchev–Trinajstić information content (AvgIpc) is 2.59. The first kappa shape index (κ1) is 15.4. The third-order valence-corrected chi connectivity index (χ3v) is 5.17. The normalized spacial score (nSPS) is 13.1. The van der Waals surface area contributed by atoms with E-state index < -0.39 is 7.60 Å². The Balaban J connectivity index is 2.00. The van der Waals surface area contributed by atoms with Crippen molar-refractivity contribution < 1.29 is 13.6 Å². The summed E-state index contributed by atoms with van der Waals surface area (Å²) >= 11 is 0. The zero-order valence-electron chi connectivity index (χ0n) is 12.8. The molecule has 0 N–H and O–H groups in total. The fourth-order valence-electron chi connectivity index (χ4n) is 2.14. The van der Waals surface area contributed by atoms with Crippen molar-refractivity contribution in [3.05, 3.63) is 90.5 Å². The molecular weight excluding hydrogens is 307 g/mol. The summed E-state index contributed by atoms with van der Waals surface area (Å²) in [5.74, 6) is 1.06. The first-order valence-electron chi connectivity index (χ1n) is 7.33. The summed E-state index contributed by atoms with van der Waals surface area (Å²) in [5.41, 5.74) is 0.903. The smallest absolute Gasteiger partial charge is 0.413 e. The minimum absolute atomic E-state index is 0.508. The highest BCUT2D eigenvalue weighted by Gasteiger charge is 2.31. The van der Waals surface area contributed by atoms with Crippen LogP contribution >= 0.6 is 7.60 Å². The van der Waals surface area contributed by atoms with E-state index >= 15 is 0 Å². The van der Waals surface area contributed by atoms with Gasteiger partial charge in [-0.1, -0.05) is 54.6 Å². The molecule has 3 nitrogen and oxygen atoms in total. The van der Waals surface area contributed by atoms with Gasteiger partial charge in [-0.25, -0.2) is 4.57 Å². The summed E-state index contributed by atoms with van der Waals surface area (Å²) in [6.45, 7) is 1.91. The summed E-state index contributed by atoms with van der Waals surface area (Å²) in [6.07, 6.45) is 0. The molecule has 4 heteroatoms. The molecule has 116 valence electrons. The number of para-hydroxylation sites is 2. The minimum atomic E-state index is -3.54. The van der Waals surface area contributed by atoms with Gasteiger partial charge in [0, 0.05) is 0 Å². The van der Waals surface area contributed by atoms with E-state index in [9.17, 15) is 4.57 Å². The van der Waals surface area contributed by atoms with Gasteiger partial charge in [-0.15, -0.1) is 0 Å². The van der Waals surface area contributed by atoms with Crippen LogP contribution in [0.4, 0.5) is 0 Å². The molecule has 0 amide bonds. The Kier molecular flexibility index (Phi) is 4.50. The van der Waals surface area contributed by atoms with Crippen LogP contribution in [0.2, 0.25) is 0 Å². The van der Waals surface area contributed by atoms with E-state index in [-0.39, 0.29) is 0 Å². The molecule has 1 unspecified atom stereocenters. The van der Waals surface area contributed by atoms with Gasteiger partial charge in [0.1, 0.15) is 11.5 Å². The summed E-state index contributed by atoms with van der Waals surface area (Å²) in [6, 6.07) is 25.5. The Morgan fingerprint density at radius 2 is 1.26 bits per heavy atom. The molecule has 0 aliphatic heterocycles. The molecule has 0 heterocycles. The molecule has 0 radical (unpaired) electrons. The first-order valence-corrected chi connectivity index (χ1v) is 8.87. The van der Waals surface area contributed by atoms with Crippen LogP contribution in [0, 0.1) is 6.92 Å². The Morgan fingerprint density at radius 1 is 0.696 bits per heavy atom. The van der Waals surface area contributed by atoms with E-state index in [1.54, 1.807) is 30.3 Å². The molecule has 3 aromatic carbocycles. The van der Waals surface area contributed by atoms with Gasteiger partial charge in [0.2, 0.25) is 0 Å². The Morgan fingerprint density at radius 3 is 1.91 bits per heavy atom. The first-order chi connectivity index (χ1) is 11.2. The van der Waals surface area contributed by atoms with Gasteiger partial charge < -0.3 is 9.05 Å². The highest BCUT2D eigenvalue weighted by molar-refractivity contribution is 7.63. The van der Waals surface area contributed by atoms with E-state index in [4.69, 9.17) is 9.05 Å². The van der Waals surface area contributed by atoms with Gasteiger partial charge in [-0.3, -0.25) is 0 Å². The molecule has 0 aromatic heterocycles. The van der Waals surface area contributed by atoms with E-state index in [0.29, 0.717) is 16.8 Å². The highest BCUT2D eigenvalue weighted by Crippen LogP contribution is 2.48. The number of aryl methyl sites for hydroxylation is 1. The molecule has 0 aliphatic rings. The molecule has 1 atom stereocenters. The lowest BCUT2D eigenvalue weighted by Gasteiger charge is -2.21. The number of rotatable bonds is 5. The van der Waals surface area contributed by atoms with E-state index in [1.165, 1.54) is 0 Å². The quantitative estimate of drug-likeness (QED) is 0.622. The molecule has 23 heavy (non-hydrogen) atoms. The SMILES string of the molecule is Cc1ccccc1OP(=O)(Oc1ccccc1)c1ccccc1. The minimum Gasteiger partial charge on any atom is -0.413 e. The van der Waals surface area contributed by atoms with Crippen LogP contribution in [-0.2, 0) is 4.57 Å². The van der Waals surface area contributed by atoms with Crippen molar-refractivity contribution >= 4 is 12.9 Å². The van der Waals surface area contributed by atoms with Crippen molar-refractivity contribution in [2.75, 3.05) is 0 Å². The van der Waals surface area contributed by atoms with Crippen LogP contribution in [-0.4, -0.2) is 0 Å². The van der Waals surface area contributed by atoms with E-state index in [0.717, 1.165) is 5.56 Å². The van der Waals surface area contributed by atoms with E-state index in [2.05, 4.69) is 0 Å². The number of hydrogen-bond acceptors (Lipinski definition) is 3. The van der Waals surface area contributed by atoms with Crippen molar-refractivity contribution in [2.45, 2.75) is 6.92 Å². The summed E-state index contributed by atoms with van der Waals surface area (Å²) < 4.78 is 25.1. The van der Waals surface area contributed by atoms with Crippen LogP contribution in [0.25, 0.3) is 0 Å². The fourth-order valence-corrected chi connectivity index (χ4v) is 3.79. The molecule has 0 saturated heterocycles. The number of benzene rings is 3. The summed E-state index contributed by atoms with van der Waals surface area (Å²) in [5, 5.41) is 0.520. The second kappa shape index (κ2) is 6.72. The van der Waals surface area contributed by atoms with Crippen LogP contribution in [0.1, 0.15) is 5.56 Å². The predicted molar refractivity (Wildman–Crippen MR) is 92.6 cm³/mol. The maximum absolute atomic E-state index is 13.5. The highest BCUT2D eigenvalue weighted by atomic mass is 31.2. The van der Waals surface area contributed by atoms with Gasteiger partial charge in [0.25, 0.3) is 0 Å². The molecule has 3 aromatic rings. The Labute approximate surface area is 136 Å². The van der Waals surface area contributed by atoms with Crippen molar-refractivity contribution in [3.63, 3.8) is 0 Å². The van der Waals surface area contributed by atoms with Crippen LogP contribution in [0.3, 0.4) is 0 Å². The van der Waals surface area contributed by atoms with Gasteiger partial charge in [0.05, 0.1) is 5.30 Å². The lowest BCUT2D eigenvalue weighted by molar-refractivity contribution is 0.398. The number of hydrogen-bond donors (Lipinski definition) is 0. The third-order valence-electron chi connectivity index (χ3n) is 3.35. The molecule has 0 spiro atoms. The van der Waals surface area contributed by atoms with Crippen LogP contribution in [0.15, 0.2) is 84.9 Å². The summed E-state index contributed by atoms with van der Waals surface area (Å²) in [7, 11) is -3.54. The molecule has 0 bridgehead atoms. The maximum Gasteiger partial charge on any atom is 0.462 e. The largest absolute Gasteiger partial charge is 0.462 e. The summed E-state index contributed by atoms with van der Waals surface area (Å²) in [4.78, 5) is 0. The topological polar surface area (TPSA) is 35.5 Å². The van der Waals surface area contributed by atoms with Crippen molar-refractivity contribution in [3.8, 4) is 11.5 Å². The fraction of sp³-hybridized carbons (Fsp3) is 0.0526. The Hall–Kier alpha value is -2.51. The molecular formula is C19H17O3P. The lowest BCUT2D eigenvalue weighted by atomic mass is 10.2. The lowest BCUT2D eigenvalue weighted by Crippen LogP contribution is -2.14. The third kappa shape index (κ3) is 3.64. The zero-order chi connectivity index (χ0) is 16.1. The monoisotopic (exact) mass is 324 g/mol. The second-order valence-electron chi connectivity index (χ2n) is 5.09. The van der Waals surface area contributed by atoms with E-state index in [1.807, 2.05) is 61.5 Å². The average molecular weight is 324 g/mol. The molecule has 0 fully saturated rings. The van der Waals surface area contributed by atoms with Gasteiger partial charge in [-0.05, 0) is 42.8 Å². The standard InChI is InChI=1S/C19H17O3P/c1-16-10-8-9-15-19(16)22-23(20,18-13-6-3-7-14-18)21-17-11-4-2-5-12-17/h2-15H,1H3. The molecule has 3 rings (SSSR count). The maximum atomic E-state index is 13.5. The van der Waals surface area contributed by atoms with Crippen molar-refractivity contribution in [1.82, 2.24) is 0 Å². The molecule has 0 aliphatic carbocycles. The Bertz CT molecular complexity index is 816. The molecule has 0 saturated carbocycles. The van der Waals surface area contributed by atoms with Crippen molar-refractivity contribution in [1.29, 1.82) is 0 Å². The van der Waals surface area contributed by atoms with Crippen LogP contribution in [0.5, 0.6) is 11.5 Å². The van der Waals surface area contributed by atoms with Gasteiger partial charge >= 0.3 is 7.60 Å².